The van der Waals surface area contributed by atoms with Crippen LogP contribution in [0.4, 0.5) is 13.2 Å². The van der Waals surface area contributed by atoms with E-state index in [4.69, 9.17) is 19.5 Å². The predicted molar refractivity (Wildman–Crippen MR) is 108 cm³/mol. The number of carbonyl (C=O) groups is 2. The number of hydroxylamine groups is 2. The van der Waals surface area contributed by atoms with Crippen molar-refractivity contribution >= 4 is 11.9 Å². The van der Waals surface area contributed by atoms with Gasteiger partial charge in [-0.1, -0.05) is 24.3 Å². The summed E-state index contributed by atoms with van der Waals surface area (Å²) in [5.74, 6) is -2.64. The van der Waals surface area contributed by atoms with Crippen LogP contribution in [0.1, 0.15) is 36.8 Å². The van der Waals surface area contributed by atoms with Crippen LogP contribution in [0.3, 0.4) is 0 Å². The molecular formula is C22H29F3N2O5. The van der Waals surface area contributed by atoms with Crippen LogP contribution in [0.2, 0.25) is 0 Å². The lowest BCUT2D eigenvalue weighted by atomic mass is 9.88. The van der Waals surface area contributed by atoms with Crippen molar-refractivity contribution in [1.82, 2.24) is 9.96 Å². The molecule has 3 heterocycles. The monoisotopic (exact) mass is 458 g/mol. The number of hydrogen-bond acceptors (Lipinski definition) is 5. The molecule has 0 spiro atoms. The third kappa shape index (κ3) is 6.20. The summed E-state index contributed by atoms with van der Waals surface area (Å²) in [5.41, 5.74) is 2.65. The van der Waals surface area contributed by atoms with Crippen molar-refractivity contribution in [3.8, 4) is 0 Å². The molecule has 3 atom stereocenters. The molecule has 32 heavy (non-hydrogen) atoms. The molecular weight excluding hydrogens is 429 g/mol. The number of alkyl halides is 3. The number of nitrogens with zero attached hydrogens (tertiary/aromatic N) is 2. The van der Waals surface area contributed by atoms with Crippen molar-refractivity contribution in [2.75, 3.05) is 26.3 Å². The van der Waals surface area contributed by atoms with Crippen LogP contribution in [0.5, 0.6) is 0 Å². The van der Waals surface area contributed by atoms with Crippen molar-refractivity contribution in [3.63, 3.8) is 0 Å². The van der Waals surface area contributed by atoms with Gasteiger partial charge in [-0.15, -0.1) is 0 Å². The number of hydrogen-bond donors (Lipinski definition) is 1. The zero-order valence-electron chi connectivity index (χ0n) is 18.0. The second kappa shape index (κ2) is 10.6. The van der Waals surface area contributed by atoms with E-state index in [9.17, 15) is 18.0 Å². The molecule has 0 bridgehead atoms. The Morgan fingerprint density at radius 3 is 2.53 bits per heavy atom. The first kappa shape index (κ1) is 24.5. The maximum absolute atomic E-state index is 12.9. The van der Waals surface area contributed by atoms with Crippen molar-refractivity contribution in [2.45, 2.75) is 57.5 Å². The van der Waals surface area contributed by atoms with Gasteiger partial charge < -0.3 is 9.84 Å². The normalized spacial score (nSPS) is 26.1. The van der Waals surface area contributed by atoms with E-state index in [-0.39, 0.29) is 17.9 Å². The average Bonchev–Trinajstić information content (AvgIpc) is 3.24. The summed E-state index contributed by atoms with van der Waals surface area (Å²) in [5, 5.41) is 8.73. The quantitative estimate of drug-likeness (QED) is 0.750. The second-order valence-electron chi connectivity index (χ2n) is 8.34. The fraction of sp³-hybridized carbons (Fsp3) is 0.636. The summed E-state index contributed by atoms with van der Waals surface area (Å²) >= 11 is 0. The van der Waals surface area contributed by atoms with E-state index in [0.717, 1.165) is 51.9 Å². The zero-order chi connectivity index (χ0) is 23.3. The molecule has 10 heteroatoms. The SMILES string of the molecule is Cc1ccccc1CN1C[C@@H](C(=O)N2CCCCO2)C[C@H]2OCC[C@H]21.O=C(O)C(F)(F)F. The lowest BCUT2D eigenvalue weighted by Gasteiger charge is -2.42. The minimum atomic E-state index is -5.08. The first-order valence-corrected chi connectivity index (χ1v) is 10.8. The number of fused-ring (bicyclic) bond motifs is 1. The average molecular weight is 458 g/mol. The van der Waals surface area contributed by atoms with Gasteiger partial charge in [0, 0.05) is 32.3 Å². The van der Waals surface area contributed by atoms with E-state index in [1.807, 2.05) is 0 Å². The third-order valence-corrected chi connectivity index (χ3v) is 6.09. The van der Waals surface area contributed by atoms with Gasteiger partial charge in [-0.05, 0) is 43.7 Å². The summed E-state index contributed by atoms with van der Waals surface area (Å²) in [7, 11) is 0. The Balaban J connectivity index is 0.000000360. The van der Waals surface area contributed by atoms with Crippen molar-refractivity contribution in [1.29, 1.82) is 0 Å². The summed E-state index contributed by atoms with van der Waals surface area (Å²) in [6.07, 6.45) is -0.933. The molecule has 1 amide bonds. The van der Waals surface area contributed by atoms with E-state index in [0.29, 0.717) is 12.6 Å². The molecule has 3 fully saturated rings. The van der Waals surface area contributed by atoms with Crippen LogP contribution in [0.15, 0.2) is 24.3 Å². The number of piperidine rings is 1. The molecule has 1 aromatic carbocycles. The predicted octanol–water partition coefficient (Wildman–Crippen LogP) is 3.16. The summed E-state index contributed by atoms with van der Waals surface area (Å²) in [6, 6.07) is 8.96. The van der Waals surface area contributed by atoms with Crippen LogP contribution in [-0.4, -0.2) is 71.6 Å². The molecule has 1 N–H and O–H groups in total. The van der Waals surface area contributed by atoms with E-state index in [1.165, 1.54) is 11.1 Å². The molecule has 0 aliphatic carbocycles. The minimum absolute atomic E-state index is 0.0264. The topological polar surface area (TPSA) is 79.3 Å². The molecule has 7 nitrogen and oxygen atoms in total. The molecule has 1 aromatic rings. The fourth-order valence-electron chi connectivity index (χ4n) is 4.39. The standard InChI is InChI=1S/C20H28N2O3.C2HF3O2/c1-15-6-2-3-7-16(15)13-21-14-17(12-19-18(21)8-11-24-19)20(23)22-9-4-5-10-25-22;3-2(4,5)1(6)7/h2-3,6-7,17-19H,4-5,8-14H2,1H3;(H,6,7)/t17-,18+,19+;/m0./s1. The number of aryl methyl sites for hydroxylation is 1. The van der Waals surface area contributed by atoms with E-state index < -0.39 is 12.1 Å². The Morgan fingerprint density at radius 2 is 1.91 bits per heavy atom. The number of carbonyl (C=O) groups excluding carboxylic acids is 1. The smallest absolute Gasteiger partial charge is 0.475 e. The van der Waals surface area contributed by atoms with Gasteiger partial charge in [-0.2, -0.15) is 13.2 Å². The van der Waals surface area contributed by atoms with Crippen LogP contribution >= 0.6 is 0 Å². The zero-order valence-corrected chi connectivity index (χ0v) is 18.0. The van der Waals surface area contributed by atoms with Crippen LogP contribution < -0.4 is 0 Å². The van der Waals surface area contributed by atoms with Gasteiger partial charge in [-0.25, -0.2) is 9.86 Å². The maximum atomic E-state index is 12.9. The Labute approximate surface area is 185 Å². The lowest BCUT2D eigenvalue weighted by Crippen LogP contribution is -2.53. The Hall–Kier alpha value is -2.17. The van der Waals surface area contributed by atoms with Gasteiger partial charge in [0.05, 0.1) is 18.6 Å². The first-order chi connectivity index (χ1) is 15.2. The molecule has 0 saturated carbocycles. The molecule has 0 unspecified atom stereocenters. The number of halogens is 3. The Bertz CT molecular complexity index is 798. The van der Waals surface area contributed by atoms with Crippen molar-refractivity contribution < 1.29 is 37.4 Å². The highest BCUT2D eigenvalue weighted by Gasteiger charge is 2.43. The van der Waals surface area contributed by atoms with Crippen molar-refractivity contribution in [3.05, 3.63) is 35.4 Å². The van der Waals surface area contributed by atoms with E-state index >= 15 is 0 Å². The molecule has 178 valence electrons. The van der Waals surface area contributed by atoms with E-state index in [1.54, 1.807) is 5.06 Å². The highest BCUT2D eigenvalue weighted by Crippen LogP contribution is 2.33. The van der Waals surface area contributed by atoms with Crippen LogP contribution in [-0.2, 0) is 25.7 Å². The lowest BCUT2D eigenvalue weighted by molar-refractivity contribution is -0.204. The molecule has 4 rings (SSSR count). The van der Waals surface area contributed by atoms with Gasteiger partial charge in [0.15, 0.2) is 0 Å². The number of carboxylic acid groups (broad SMARTS) is 1. The number of aliphatic carboxylic acids is 1. The van der Waals surface area contributed by atoms with E-state index in [2.05, 4.69) is 36.1 Å². The number of carboxylic acids is 1. The Morgan fingerprint density at radius 1 is 1.19 bits per heavy atom. The van der Waals surface area contributed by atoms with Gasteiger partial charge in [-0.3, -0.25) is 14.5 Å². The van der Waals surface area contributed by atoms with Gasteiger partial charge in [0.2, 0.25) is 0 Å². The number of rotatable bonds is 3. The third-order valence-electron chi connectivity index (χ3n) is 6.09. The number of amides is 1. The van der Waals surface area contributed by atoms with Gasteiger partial charge in [0.1, 0.15) is 0 Å². The summed E-state index contributed by atoms with van der Waals surface area (Å²) < 4.78 is 37.7. The molecule has 0 aromatic heterocycles. The van der Waals surface area contributed by atoms with Crippen LogP contribution in [0, 0.1) is 12.8 Å². The highest BCUT2D eigenvalue weighted by molar-refractivity contribution is 5.78. The maximum Gasteiger partial charge on any atom is 0.490 e. The number of ether oxygens (including phenoxy) is 1. The van der Waals surface area contributed by atoms with Crippen LogP contribution in [0.25, 0.3) is 0 Å². The second-order valence-corrected chi connectivity index (χ2v) is 8.34. The summed E-state index contributed by atoms with van der Waals surface area (Å²) in [4.78, 5) is 29.9. The largest absolute Gasteiger partial charge is 0.490 e. The number of benzene rings is 1. The molecule has 0 radical (unpaired) electrons. The molecule has 3 aliphatic rings. The highest BCUT2D eigenvalue weighted by atomic mass is 19.4. The minimum Gasteiger partial charge on any atom is -0.475 e. The fourth-order valence-corrected chi connectivity index (χ4v) is 4.39. The summed E-state index contributed by atoms with van der Waals surface area (Å²) in [6.45, 7) is 6.04. The van der Waals surface area contributed by atoms with Gasteiger partial charge in [0.25, 0.3) is 5.91 Å². The molecule has 3 aliphatic heterocycles. The van der Waals surface area contributed by atoms with Gasteiger partial charge >= 0.3 is 12.1 Å². The number of likely N-dealkylation sites (tertiary alicyclic amines) is 1. The molecule has 3 saturated heterocycles. The first-order valence-electron chi connectivity index (χ1n) is 10.8. The Kier molecular flexibility index (Phi) is 8.13. The van der Waals surface area contributed by atoms with Crippen molar-refractivity contribution in [2.24, 2.45) is 5.92 Å².